The van der Waals surface area contributed by atoms with E-state index in [1.165, 1.54) is 11.1 Å². The fourth-order valence-corrected chi connectivity index (χ4v) is 6.58. The van der Waals surface area contributed by atoms with Gasteiger partial charge >= 0.3 is 0 Å². The fraction of sp³-hybridized carbons (Fsp3) is 0.500. The van der Waals surface area contributed by atoms with Gasteiger partial charge < -0.3 is 14.6 Å². The maximum absolute atomic E-state index is 10.6. The van der Waals surface area contributed by atoms with Gasteiger partial charge in [0.1, 0.15) is 12.2 Å². The van der Waals surface area contributed by atoms with Crippen molar-refractivity contribution in [1.82, 2.24) is 4.90 Å². The number of nitrogens with zero attached hydrogens (tertiary/aromatic N) is 1. The number of benzene rings is 1. The second kappa shape index (κ2) is 3.89. The summed E-state index contributed by atoms with van der Waals surface area (Å²) < 4.78 is 11.9. The van der Waals surface area contributed by atoms with Crippen molar-refractivity contribution >= 4 is 0 Å². The minimum atomic E-state index is -0.549. The van der Waals surface area contributed by atoms with E-state index in [-0.39, 0.29) is 17.1 Å². The van der Waals surface area contributed by atoms with Gasteiger partial charge in [0, 0.05) is 35.0 Å². The quantitative estimate of drug-likeness (QED) is 0.680. The Bertz CT molecular complexity index is 817. The van der Waals surface area contributed by atoms with Gasteiger partial charge in [0.25, 0.3) is 0 Å². The van der Waals surface area contributed by atoms with Crippen molar-refractivity contribution in [3.63, 3.8) is 0 Å². The Balaban J connectivity index is 1.62. The normalized spacial score (nSPS) is 47.7. The molecule has 0 amide bonds. The van der Waals surface area contributed by atoms with Gasteiger partial charge in [0.05, 0.1) is 7.11 Å². The average molecular weight is 323 g/mol. The van der Waals surface area contributed by atoms with Gasteiger partial charge in [-0.1, -0.05) is 24.3 Å². The van der Waals surface area contributed by atoms with Crippen LogP contribution in [0.2, 0.25) is 0 Å². The van der Waals surface area contributed by atoms with Crippen LogP contribution in [0.5, 0.6) is 11.5 Å². The molecule has 5 aliphatic rings. The van der Waals surface area contributed by atoms with Crippen molar-refractivity contribution in [1.29, 1.82) is 0 Å². The van der Waals surface area contributed by atoms with Crippen molar-refractivity contribution in [2.24, 2.45) is 5.92 Å². The van der Waals surface area contributed by atoms with Crippen molar-refractivity contribution in [3.05, 3.63) is 48.1 Å². The lowest BCUT2D eigenvalue weighted by molar-refractivity contribution is 0.000374. The number of fused-ring (bicyclic) bond motifs is 1. The molecule has 4 heteroatoms. The first-order chi connectivity index (χ1) is 11.7. The fourth-order valence-electron chi connectivity index (χ4n) is 6.58. The van der Waals surface area contributed by atoms with Crippen LogP contribution in [0, 0.1) is 5.92 Å². The monoisotopic (exact) mass is 323 g/mol. The van der Waals surface area contributed by atoms with Crippen LogP contribution in [0.25, 0.3) is 0 Å². The highest BCUT2D eigenvalue weighted by Gasteiger charge is 2.81. The molecule has 2 bridgehead atoms. The largest absolute Gasteiger partial charge is 0.493 e. The summed E-state index contributed by atoms with van der Waals surface area (Å²) >= 11 is 0. The first-order valence-corrected chi connectivity index (χ1v) is 8.78. The zero-order chi connectivity index (χ0) is 16.3. The molecule has 6 rings (SSSR count). The van der Waals surface area contributed by atoms with E-state index in [0.29, 0.717) is 12.0 Å². The molecular weight excluding hydrogens is 302 g/mol. The van der Waals surface area contributed by atoms with Crippen LogP contribution in [-0.4, -0.2) is 47.4 Å². The number of aliphatic hydroxyl groups excluding tert-OH is 1. The number of likely N-dealkylation sites (tertiary alicyclic amines) is 1. The smallest absolute Gasteiger partial charge is 0.165 e. The summed E-state index contributed by atoms with van der Waals surface area (Å²) in [5.41, 5.74) is 2.82. The molecule has 0 radical (unpaired) electrons. The molecule has 1 saturated heterocycles. The Kier molecular flexibility index (Phi) is 2.19. The maximum Gasteiger partial charge on any atom is 0.165 e. The van der Waals surface area contributed by atoms with E-state index >= 15 is 0 Å². The summed E-state index contributed by atoms with van der Waals surface area (Å²) in [5.74, 6) is 2.07. The Hall–Kier alpha value is -1.78. The number of hydrogen-bond donors (Lipinski definition) is 1. The minimum absolute atomic E-state index is 0.0893. The van der Waals surface area contributed by atoms with Gasteiger partial charge in [-0.25, -0.2) is 0 Å². The van der Waals surface area contributed by atoms with Crippen molar-refractivity contribution in [2.75, 3.05) is 13.7 Å². The first-order valence-electron chi connectivity index (χ1n) is 8.78. The molecular formula is C20H21NO3. The van der Waals surface area contributed by atoms with Gasteiger partial charge in [0.15, 0.2) is 11.5 Å². The predicted molar refractivity (Wildman–Crippen MR) is 89.5 cm³/mol. The molecule has 1 aromatic carbocycles. The van der Waals surface area contributed by atoms with E-state index in [1.807, 2.05) is 18.2 Å². The molecule has 24 heavy (non-hydrogen) atoms. The third kappa shape index (κ3) is 1.16. The zero-order valence-corrected chi connectivity index (χ0v) is 13.7. The average Bonchev–Trinajstić information content (AvgIpc) is 2.90. The van der Waals surface area contributed by atoms with Gasteiger partial charge in [0.2, 0.25) is 0 Å². The number of rotatable bonds is 3. The summed E-state index contributed by atoms with van der Waals surface area (Å²) in [6.45, 7) is 4.88. The number of ether oxygens (including phenoxy) is 2. The van der Waals surface area contributed by atoms with Crippen molar-refractivity contribution in [3.8, 4) is 11.5 Å². The first kappa shape index (κ1) is 13.5. The van der Waals surface area contributed by atoms with E-state index in [9.17, 15) is 5.11 Å². The topological polar surface area (TPSA) is 41.7 Å². The molecule has 4 nitrogen and oxygen atoms in total. The van der Waals surface area contributed by atoms with Gasteiger partial charge in [-0.15, -0.1) is 6.58 Å². The van der Waals surface area contributed by atoms with E-state index in [0.717, 1.165) is 30.9 Å². The third-order valence-electron chi connectivity index (χ3n) is 7.22. The molecule has 1 N–H and O–H groups in total. The van der Waals surface area contributed by atoms with Crippen LogP contribution in [-0.2, 0) is 11.8 Å². The Morgan fingerprint density at radius 1 is 1.46 bits per heavy atom. The van der Waals surface area contributed by atoms with E-state index in [1.54, 1.807) is 7.11 Å². The molecule has 1 aromatic rings. The number of aliphatic hydroxyl groups is 1. The highest BCUT2D eigenvalue weighted by Crippen LogP contribution is 2.74. The van der Waals surface area contributed by atoms with Crippen LogP contribution in [0.1, 0.15) is 17.5 Å². The zero-order valence-electron chi connectivity index (χ0n) is 13.7. The van der Waals surface area contributed by atoms with E-state index < -0.39 is 6.10 Å². The molecule has 0 aromatic heterocycles. The van der Waals surface area contributed by atoms with Gasteiger partial charge in [-0.2, -0.15) is 0 Å². The number of hydrogen-bond acceptors (Lipinski definition) is 4. The Morgan fingerprint density at radius 2 is 2.33 bits per heavy atom. The highest BCUT2D eigenvalue weighted by molar-refractivity contribution is 5.65. The molecule has 2 spiro atoms. The highest BCUT2D eigenvalue weighted by atomic mass is 16.5. The Labute approximate surface area is 141 Å². The lowest BCUT2D eigenvalue weighted by Crippen LogP contribution is -2.54. The molecule has 2 heterocycles. The van der Waals surface area contributed by atoms with Gasteiger partial charge in [-0.3, -0.25) is 4.90 Å². The standard InChI is InChI=1S/C20H21NO3/c1-3-8-21-17-12-5-6-13(22)18-20(12)10-19(17,21)9-11-4-7-14(23-2)16(24-18)15(11)20/h3-7,12-13,17-18,22H,1,8-10H2,2H3/t12-,13-,17-,18-,19?,20-,21?/m0/s1. The number of methoxy groups -OCH3 is 1. The summed E-state index contributed by atoms with van der Waals surface area (Å²) in [4.78, 5) is 2.60. The summed E-state index contributed by atoms with van der Waals surface area (Å²) in [6, 6.07) is 4.77. The third-order valence-corrected chi connectivity index (χ3v) is 7.22. The molecule has 2 unspecified atom stereocenters. The summed E-state index contributed by atoms with van der Waals surface area (Å²) in [6.07, 6.45) is 7.61. The number of piperidine rings is 1. The molecule has 1 saturated carbocycles. The lowest BCUT2D eigenvalue weighted by atomic mass is 9.60. The Morgan fingerprint density at radius 3 is 3.12 bits per heavy atom. The van der Waals surface area contributed by atoms with Crippen molar-refractivity contribution < 1.29 is 14.6 Å². The molecule has 2 fully saturated rings. The summed E-state index contributed by atoms with van der Waals surface area (Å²) in [7, 11) is 1.69. The molecule has 7 atom stereocenters. The van der Waals surface area contributed by atoms with Crippen LogP contribution < -0.4 is 9.47 Å². The second-order valence-corrected chi connectivity index (χ2v) is 7.95. The lowest BCUT2D eigenvalue weighted by Gasteiger charge is -2.45. The van der Waals surface area contributed by atoms with Gasteiger partial charge in [-0.05, 0) is 24.5 Å². The maximum atomic E-state index is 10.6. The van der Waals surface area contributed by atoms with E-state index in [4.69, 9.17) is 9.47 Å². The van der Waals surface area contributed by atoms with Crippen LogP contribution in [0.4, 0.5) is 0 Å². The SMILES string of the molecule is C=CCN1[C@H]2[C@@H]3C=C[C@H](O)[C@@H]4Oc5c(OC)ccc6c5[C@]34CC21C6. The van der Waals surface area contributed by atoms with Crippen LogP contribution >= 0.6 is 0 Å². The molecule has 124 valence electrons. The second-order valence-electron chi connectivity index (χ2n) is 7.95. The van der Waals surface area contributed by atoms with Crippen molar-refractivity contribution in [2.45, 2.75) is 42.0 Å². The summed E-state index contributed by atoms with van der Waals surface area (Å²) in [5, 5.41) is 10.6. The van der Waals surface area contributed by atoms with Crippen LogP contribution in [0.3, 0.4) is 0 Å². The predicted octanol–water partition coefficient (Wildman–Crippen LogP) is 1.81. The van der Waals surface area contributed by atoms with E-state index in [2.05, 4.69) is 23.6 Å². The molecule has 3 aliphatic carbocycles. The molecule has 2 aliphatic heterocycles. The minimum Gasteiger partial charge on any atom is -0.493 e. The van der Waals surface area contributed by atoms with Crippen LogP contribution in [0.15, 0.2) is 36.9 Å².